The summed E-state index contributed by atoms with van der Waals surface area (Å²) in [5.74, 6) is 2.75. The van der Waals surface area contributed by atoms with Crippen molar-refractivity contribution in [2.75, 3.05) is 32.8 Å². The van der Waals surface area contributed by atoms with Crippen LogP contribution in [0.1, 0.15) is 36.4 Å². The maximum atomic E-state index is 5.82. The molecule has 1 aromatic rings. The summed E-state index contributed by atoms with van der Waals surface area (Å²) in [7, 11) is 0. The van der Waals surface area contributed by atoms with Crippen molar-refractivity contribution in [3.63, 3.8) is 0 Å². The maximum absolute atomic E-state index is 5.82. The Morgan fingerprint density at radius 3 is 2.91 bits per heavy atom. The highest BCUT2D eigenvalue weighted by Crippen LogP contribution is 2.44. The van der Waals surface area contributed by atoms with Crippen LogP contribution in [0.5, 0.6) is 11.5 Å². The second kappa shape index (κ2) is 5.14. The van der Waals surface area contributed by atoms with Gasteiger partial charge in [-0.25, -0.2) is 0 Å². The van der Waals surface area contributed by atoms with Gasteiger partial charge in [0.25, 0.3) is 0 Å². The first kappa shape index (κ1) is 13.2. The van der Waals surface area contributed by atoms with Crippen LogP contribution >= 0.6 is 0 Å². The second-order valence-electron chi connectivity index (χ2n) is 7.15. The molecule has 2 fully saturated rings. The number of benzene rings is 1. The van der Waals surface area contributed by atoms with E-state index in [-0.39, 0.29) is 0 Å². The Balaban J connectivity index is 1.49. The lowest BCUT2D eigenvalue weighted by Crippen LogP contribution is -2.54. The zero-order valence-electron chi connectivity index (χ0n) is 13.0. The highest BCUT2D eigenvalue weighted by molar-refractivity contribution is 5.50. The molecule has 1 N–H and O–H groups in total. The van der Waals surface area contributed by atoms with Crippen LogP contribution in [0.4, 0.5) is 0 Å². The molecular weight excluding hydrogens is 276 g/mol. The molecule has 4 heterocycles. The van der Waals surface area contributed by atoms with Gasteiger partial charge in [-0.1, -0.05) is 0 Å². The number of fused-ring (bicyclic) bond motifs is 5. The maximum Gasteiger partial charge on any atom is 0.161 e. The van der Waals surface area contributed by atoms with Crippen molar-refractivity contribution >= 4 is 0 Å². The van der Waals surface area contributed by atoms with E-state index in [2.05, 4.69) is 22.3 Å². The summed E-state index contributed by atoms with van der Waals surface area (Å²) in [5, 5.41) is 3.76. The summed E-state index contributed by atoms with van der Waals surface area (Å²) in [6, 6.07) is 5.77. The number of hydrogen-bond donors (Lipinski definition) is 1. The highest BCUT2D eigenvalue weighted by atomic mass is 16.6. The molecule has 1 aromatic carbocycles. The van der Waals surface area contributed by atoms with E-state index >= 15 is 0 Å². The highest BCUT2D eigenvalue weighted by Gasteiger charge is 2.40. The van der Waals surface area contributed by atoms with Crippen LogP contribution in [0, 0.1) is 5.92 Å². The summed E-state index contributed by atoms with van der Waals surface area (Å²) in [6.45, 7) is 5.00. The first-order valence-electron chi connectivity index (χ1n) is 8.78. The van der Waals surface area contributed by atoms with Gasteiger partial charge in [-0.15, -0.1) is 0 Å². The Hall–Kier alpha value is -1.26. The predicted molar refractivity (Wildman–Crippen MR) is 84.6 cm³/mol. The summed E-state index contributed by atoms with van der Waals surface area (Å²) in [5.41, 5.74) is 2.96. The fourth-order valence-corrected chi connectivity index (χ4v) is 4.84. The lowest BCUT2D eigenvalue weighted by molar-refractivity contribution is 0.0547. The molecular formula is C18H24N2O2. The topological polar surface area (TPSA) is 33.7 Å². The number of hydrogen-bond acceptors (Lipinski definition) is 4. The van der Waals surface area contributed by atoms with Gasteiger partial charge >= 0.3 is 0 Å². The van der Waals surface area contributed by atoms with Gasteiger partial charge < -0.3 is 14.8 Å². The molecule has 5 rings (SSSR count). The molecule has 4 aliphatic rings. The van der Waals surface area contributed by atoms with Crippen molar-refractivity contribution in [1.29, 1.82) is 0 Å². The van der Waals surface area contributed by atoms with Crippen molar-refractivity contribution in [3.05, 3.63) is 23.3 Å². The molecule has 118 valence electrons. The molecule has 0 bridgehead atoms. The molecule has 0 aliphatic carbocycles. The fourth-order valence-electron chi connectivity index (χ4n) is 4.84. The van der Waals surface area contributed by atoms with Gasteiger partial charge in [0.05, 0.1) is 0 Å². The Kier molecular flexibility index (Phi) is 3.08. The van der Waals surface area contributed by atoms with Crippen molar-refractivity contribution in [2.45, 2.75) is 37.8 Å². The van der Waals surface area contributed by atoms with Gasteiger partial charge in [0.1, 0.15) is 13.2 Å². The number of rotatable bonds is 0. The van der Waals surface area contributed by atoms with Crippen LogP contribution in [0.25, 0.3) is 0 Å². The Morgan fingerprint density at radius 2 is 2.00 bits per heavy atom. The smallest absolute Gasteiger partial charge is 0.161 e. The standard InChI is InChI=1S/C18H24N2O2/c1-2-13-11-20-5-3-12-8-17-18(22-7-6-21-17)9-14(12)16(20)10-15(13)19-4-1/h8-9,13,15-16,19H,1-7,10-11H2/t13-,15+,16+/m1/s1. The molecule has 4 heteroatoms. The Bertz CT molecular complexity index is 589. The first-order chi connectivity index (χ1) is 10.9. The molecule has 0 spiro atoms. The van der Waals surface area contributed by atoms with E-state index in [4.69, 9.17) is 9.47 Å². The predicted octanol–water partition coefficient (Wildman–Crippen LogP) is 2.13. The number of nitrogens with one attached hydrogen (secondary N) is 1. The molecule has 2 saturated heterocycles. The van der Waals surface area contributed by atoms with Gasteiger partial charge in [-0.3, -0.25) is 4.90 Å². The molecule has 3 atom stereocenters. The van der Waals surface area contributed by atoms with Crippen LogP contribution < -0.4 is 14.8 Å². The average Bonchev–Trinajstić information content (AvgIpc) is 2.58. The zero-order valence-corrected chi connectivity index (χ0v) is 13.0. The van der Waals surface area contributed by atoms with Crippen molar-refractivity contribution in [2.24, 2.45) is 5.92 Å². The van der Waals surface area contributed by atoms with Gasteiger partial charge in [0.2, 0.25) is 0 Å². The Labute approximate surface area is 131 Å². The lowest BCUT2D eigenvalue weighted by Gasteiger charge is -2.49. The molecule has 0 aromatic heterocycles. The van der Waals surface area contributed by atoms with E-state index in [0.29, 0.717) is 25.3 Å². The van der Waals surface area contributed by atoms with Crippen LogP contribution in [-0.4, -0.2) is 43.8 Å². The molecule has 0 amide bonds. The van der Waals surface area contributed by atoms with Crippen LogP contribution in [-0.2, 0) is 6.42 Å². The van der Waals surface area contributed by atoms with E-state index in [0.717, 1.165) is 23.8 Å². The molecule has 0 radical (unpaired) electrons. The van der Waals surface area contributed by atoms with Gasteiger partial charge in [0.15, 0.2) is 11.5 Å². The van der Waals surface area contributed by atoms with Gasteiger partial charge in [-0.2, -0.15) is 0 Å². The molecule has 22 heavy (non-hydrogen) atoms. The third-order valence-electron chi connectivity index (χ3n) is 5.95. The molecule has 4 nitrogen and oxygen atoms in total. The summed E-state index contributed by atoms with van der Waals surface area (Å²) in [6.07, 6.45) is 5.13. The van der Waals surface area contributed by atoms with E-state index < -0.39 is 0 Å². The number of nitrogens with zero attached hydrogens (tertiary/aromatic N) is 1. The average molecular weight is 300 g/mol. The zero-order chi connectivity index (χ0) is 14.5. The SMILES string of the molecule is c1c2c(cc3c1OCCO3)[C@@H]1C[C@@H]3NCCC[C@@H]3CN1CC2. The minimum absolute atomic E-state index is 0.562. The van der Waals surface area contributed by atoms with E-state index in [9.17, 15) is 0 Å². The van der Waals surface area contributed by atoms with Crippen molar-refractivity contribution < 1.29 is 9.47 Å². The van der Waals surface area contributed by atoms with Crippen molar-refractivity contribution in [1.82, 2.24) is 10.2 Å². The minimum atomic E-state index is 0.562. The fraction of sp³-hybridized carbons (Fsp3) is 0.667. The summed E-state index contributed by atoms with van der Waals surface area (Å²) in [4.78, 5) is 2.71. The third kappa shape index (κ3) is 2.04. The van der Waals surface area contributed by atoms with Gasteiger partial charge in [0, 0.05) is 25.2 Å². The summed E-state index contributed by atoms with van der Waals surface area (Å²) >= 11 is 0. The van der Waals surface area contributed by atoms with E-state index in [1.54, 1.807) is 0 Å². The number of ether oxygens (including phenoxy) is 2. The van der Waals surface area contributed by atoms with E-state index in [1.807, 2.05) is 0 Å². The van der Waals surface area contributed by atoms with E-state index in [1.165, 1.54) is 50.0 Å². The largest absolute Gasteiger partial charge is 0.486 e. The quantitative estimate of drug-likeness (QED) is 0.796. The molecule has 4 aliphatic heterocycles. The monoisotopic (exact) mass is 300 g/mol. The van der Waals surface area contributed by atoms with Crippen LogP contribution in [0.3, 0.4) is 0 Å². The Morgan fingerprint density at radius 1 is 1.14 bits per heavy atom. The lowest BCUT2D eigenvalue weighted by atomic mass is 9.77. The summed E-state index contributed by atoms with van der Waals surface area (Å²) < 4.78 is 11.6. The van der Waals surface area contributed by atoms with Crippen molar-refractivity contribution in [3.8, 4) is 11.5 Å². The minimum Gasteiger partial charge on any atom is -0.486 e. The third-order valence-corrected chi connectivity index (χ3v) is 5.95. The normalized spacial score (nSPS) is 33.5. The van der Waals surface area contributed by atoms with Crippen LogP contribution in [0.15, 0.2) is 12.1 Å². The molecule has 0 saturated carbocycles. The molecule has 0 unspecified atom stereocenters. The van der Waals surface area contributed by atoms with Gasteiger partial charge in [-0.05, 0) is 61.4 Å². The second-order valence-corrected chi connectivity index (χ2v) is 7.15. The van der Waals surface area contributed by atoms with Crippen LogP contribution in [0.2, 0.25) is 0 Å². The number of piperidine rings is 2. The first-order valence-corrected chi connectivity index (χ1v) is 8.78.